The predicted molar refractivity (Wildman–Crippen MR) is 139 cm³/mol. The number of aromatic amines is 1. The first-order valence-electron chi connectivity index (χ1n) is 11.8. The van der Waals surface area contributed by atoms with E-state index in [9.17, 15) is 13.6 Å². The van der Waals surface area contributed by atoms with Crippen LogP contribution in [0.1, 0.15) is 68.7 Å². The maximum atomic E-state index is 14.5. The molecule has 0 atom stereocenters. The van der Waals surface area contributed by atoms with Gasteiger partial charge in [0.05, 0.1) is 11.3 Å². The summed E-state index contributed by atoms with van der Waals surface area (Å²) in [5.74, 6) is -2.12. The summed E-state index contributed by atoms with van der Waals surface area (Å²) >= 11 is 0. The first-order chi connectivity index (χ1) is 16.3. The molecule has 0 amide bonds. The van der Waals surface area contributed by atoms with Crippen molar-refractivity contribution in [3.63, 3.8) is 0 Å². The molecule has 0 unspecified atom stereocenters. The van der Waals surface area contributed by atoms with E-state index in [0.717, 1.165) is 29.0 Å². The smallest absolute Gasteiger partial charge is 0.212 e. The van der Waals surface area contributed by atoms with E-state index in [1.54, 1.807) is 0 Å². The minimum Gasteiger partial charge on any atom is -0.351 e. The SMILES string of the molecule is CC(C)(C)c1ccc(-c2cc(-c3ccc(C(C)(C)C)cc3)c(C(=O)c3ccc(F)cc3F)[nH]2)cc1. The fourth-order valence-corrected chi connectivity index (χ4v) is 4.12. The van der Waals surface area contributed by atoms with Crippen molar-refractivity contribution in [2.24, 2.45) is 0 Å². The van der Waals surface area contributed by atoms with Crippen LogP contribution in [-0.4, -0.2) is 10.8 Å². The summed E-state index contributed by atoms with van der Waals surface area (Å²) in [6, 6.07) is 21.2. The molecule has 1 heterocycles. The number of aromatic nitrogens is 1. The van der Waals surface area contributed by atoms with Gasteiger partial charge in [0.1, 0.15) is 11.6 Å². The minimum atomic E-state index is -0.880. The van der Waals surface area contributed by atoms with E-state index in [2.05, 4.69) is 58.7 Å². The zero-order chi connectivity index (χ0) is 25.5. The van der Waals surface area contributed by atoms with Gasteiger partial charge in [-0.25, -0.2) is 8.78 Å². The van der Waals surface area contributed by atoms with Gasteiger partial charge in [0.2, 0.25) is 5.78 Å². The topological polar surface area (TPSA) is 32.9 Å². The molecule has 0 saturated heterocycles. The van der Waals surface area contributed by atoms with Gasteiger partial charge < -0.3 is 4.98 Å². The van der Waals surface area contributed by atoms with Gasteiger partial charge in [0.25, 0.3) is 0 Å². The Morgan fingerprint density at radius 3 is 1.69 bits per heavy atom. The molecular weight excluding hydrogens is 440 g/mol. The lowest BCUT2D eigenvalue weighted by molar-refractivity contribution is 0.103. The summed E-state index contributed by atoms with van der Waals surface area (Å²) in [6.45, 7) is 12.9. The first-order valence-corrected chi connectivity index (χ1v) is 11.8. The van der Waals surface area contributed by atoms with Gasteiger partial charge in [0, 0.05) is 17.3 Å². The molecule has 4 heteroatoms. The van der Waals surface area contributed by atoms with Gasteiger partial charge in [0.15, 0.2) is 0 Å². The van der Waals surface area contributed by atoms with E-state index in [0.29, 0.717) is 5.56 Å². The molecule has 1 aromatic heterocycles. The third-order valence-corrected chi connectivity index (χ3v) is 6.34. The fourth-order valence-electron chi connectivity index (χ4n) is 4.12. The van der Waals surface area contributed by atoms with Gasteiger partial charge in [-0.15, -0.1) is 0 Å². The maximum Gasteiger partial charge on any atom is 0.212 e. The summed E-state index contributed by atoms with van der Waals surface area (Å²) in [4.78, 5) is 16.7. The van der Waals surface area contributed by atoms with Gasteiger partial charge in [-0.3, -0.25) is 4.79 Å². The molecule has 0 aliphatic heterocycles. The molecule has 180 valence electrons. The van der Waals surface area contributed by atoms with Crippen LogP contribution >= 0.6 is 0 Å². The molecule has 2 nitrogen and oxygen atoms in total. The van der Waals surface area contributed by atoms with Crippen LogP contribution in [0.3, 0.4) is 0 Å². The van der Waals surface area contributed by atoms with Crippen molar-refractivity contribution in [1.82, 2.24) is 4.98 Å². The zero-order valence-electron chi connectivity index (χ0n) is 21.1. The van der Waals surface area contributed by atoms with Crippen LogP contribution in [0, 0.1) is 11.6 Å². The van der Waals surface area contributed by atoms with E-state index in [1.165, 1.54) is 17.2 Å². The summed E-state index contributed by atoms with van der Waals surface area (Å²) in [7, 11) is 0. The number of carbonyl (C=O) groups excluding carboxylic acids is 1. The normalized spacial score (nSPS) is 12.1. The third-order valence-electron chi connectivity index (χ3n) is 6.34. The number of hydrogen-bond donors (Lipinski definition) is 1. The Kier molecular flexibility index (Phi) is 6.27. The molecule has 0 saturated carbocycles. The van der Waals surface area contributed by atoms with E-state index in [1.807, 2.05) is 42.5 Å². The maximum absolute atomic E-state index is 14.5. The molecule has 0 aliphatic carbocycles. The van der Waals surface area contributed by atoms with Crippen LogP contribution in [0.2, 0.25) is 0 Å². The molecule has 0 spiro atoms. The molecule has 3 aromatic carbocycles. The Balaban J connectivity index is 1.83. The standard InChI is InChI=1S/C31H31F2NO/c1-30(2,3)21-11-7-19(8-12-21)25-18-27(20-9-13-22(14-10-20)31(4,5)6)34-28(25)29(35)24-16-15-23(32)17-26(24)33/h7-18,34H,1-6H3. The lowest BCUT2D eigenvalue weighted by Crippen LogP contribution is -2.10. The van der Waals surface area contributed by atoms with Crippen LogP contribution in [0.15, 0.2) is 72.8 Å². The number of carbonyl (C=O) groups is 1. The van der Waals surface area contributed by atoms with Crippen LogP contribution in [0.25, 0.3) is 22.4 Å². The van der Waals surface area contributed by atoms with Gasteiger partial charge in [-0.2, -0.15) is 0 Å². The molecule has 4 rings (SSSR count). The van der Waals surface area contributed by atoms with Crippen molar-refractivity contribution in [2.75, 3.05) is 0 Å². The van der Waals surface area contributed by atoms with Gasteiger partial charge >= 0.3 is 0 Å². The molecule has 0 bridgehead atoms. The van der Waals surface area contributed by atoms with E-state index in [-0.39, 0.29) is 22.1 Å². The van der Waals surface area contributed by atoms with Crippen molar-refractivity contribution in [3.05, 3.63) is 107 Å². The minimum absolute atomic E-state index is 0.00741. The van der Waals surface area contributed by atoms with E-state index < -0.39 is 17.4 Å². The lowest BCUT2D eigenvalue weighted by atomic mass is 9.86. The molecule has 4 aromatic rings. The lowest BCUT2D eigenvalue weighted by Gasteiger charge is -2.19. The molecule has 35 heavy (non-hydrogen) atoms. The highest BCUT2D eigenvalue weighted by Gasteiger charge is 2.23. The summed E-state index contributed by atoms with van der Waals surface area (Å²) in [5, 5.41) is 0. The second-order valence-corrected chi connectivity index (χ2v) is 11.1. The molecule has 0 aliphatic rings. The Labute approximate surface area is 206 Å². The zero-order valence-corrected chi connectivity index (χ0v) is 21.1. The second kappa shape index (κ2) is 8.92. The largest absolute Gasteiger partial charge is 0.351 e. The summed E-state index contributed by atoms with van der Waals surface area (Å²) in [5.41, 5.74) is 5.69. The Morgan fingerprint density at radius 2 is 1.20 bits per heavy atom. The summed E-state index contributed by atoms with van der Waals surface area (Å²) in [6.07, 6.45) is 0. The number of benzene rings is 3. The van der Waals surface area contributed by atoms with Crippen molar-refractivity contribution < 1.29 is 13.6 Å². The van der Waals surface area contributed by atoms with Crippen LogP contribution in [-0.2, 0) is 10.8 Å². The van der Waals surface area contributed by atoms with Crippen LogP contribution < -0.4 is 0 Å². The highest BCUT2D eigenvalue weighted by molar-refractivity contribution is 6.12. The van der Waals surface area contributed by atoms with E-state index >= 15 is 0 Å². The average molecular weight is 472 g/mol. The number of nitrogens with one attached hydrogen (secondary N) is 1. The predicted octanol–water partition coefficient (Wildman–Crippen LogP) is 8.45. The Morgan fingerprint density at radius 1 is 0.686 bits per heavy atom. The third kappa shape index (κ3) is 5.12. The first kappa shape index (κ1) is 24.6. The highest BCUT2D eigenvalue weighted by atomic mass is 19.1. The van der Waals surface area contributed by atoms with Crippen molar-refractivity contribution >= 4 is 5.78 Å². The Hall–Kier alpha value is -3.53. The molecular formula is C31H31F2NO. The van der Waals surface area contributed by atoms with Gasteiger partial charge in [-0.05, 0) is 51.3 Å². The van der Waals surface area contributed by atoms with Crippen molar-refractivity contribution in [1.29, 1.82) is 0 Å². The van der Waals surface area contributed by atoms with Crippen LogP contribution in [0.4, 0.5) is 8.78 Å². The number of ketones is 1. The van der Waals surface area contributed by atoms with Crippen molar-refractivity contribution in [2.45, 2.75) is 52.4 Å². The van der Waals surface area contributed by atoms with Crippen LogP contribution in [0.5, 0.6) is 0 Å². The van der Waals surface area contributed by atoms with E-state index in [4.69, 9.17) is 0 Å². The molecule has 0 fully saturated rings. The average Bonchev–Trinajstić information content (AvgIpc) is 3.23. The fraction of sp³-hybridized carbons (Fsp3) is 0.258. The second-order valence-electron chi connectivity index (χ2n) is 11.1. The highest BCUT2D eigenvalue weighted by Crippen LogP contribution is 2.34. The number of H-pyrrole nitrogens is 1. The number of rotatable bonds is 4. The van der Waals surface area contributed by atoms with Crippen molar-refractivity contribution in [3.8, 4) is 22.4 Å². The number of halogens is 2. The molecule has 1 N–H and O–H groups in total. The quantitative estimate of drug-likeness (QED) is 0.298. The summed E-state index contributed by atoms with van der Waals surface area (Å²) < 4.78 is 28.0. The Bertz CT molecular complexity index is 1370. The monoisotopic (exact) mass is 471 g/mol. The number of hydrogen-bond acceptors (Lipinski definition) is 1. The molecule has 0 radical (unpaired) electrons. The van der Waals surface area contributed by atoms with Gasteiger partial charge in [-0.1, -0.05) is 90.1 Å².